The van der Waals surface area contributed by atoms with Gasteiger partial charge in [-0.3, -0.25) is 4.79 Å². The summed E-state index contributed by atoms with van der Waals surface area (Å²) in [4.78, 5) is 10.4. The van der Waals surface area contributed by atoms with Gasteiger partial charge < -0.3 is 5.11 Å². The van der Waals surface area contributed by atoms with E-state index in [-0.39, 0.29) is 0 Å². The third-order valence-corrected chi connectivity index (χ3v) is 2.75. The second-order valence-electron chi connectivity index (χ2n) is 3.18. The van der Waals surface area contributed by atoms with Gasteiger partial charge in [0.25, 0.3) is 0 Å². The molecule has 0 aromatic heterocycles. The molecule has 1 N–H and O–H groups in total. The number of carbonyl (C=O) groups is 1. The third-order valence-electron chi connectivity index (χ3n) is 1.97. The van der Waals surface area contributed by atoms with Gasteiger partial charge in [-0.2, -0.15) is 13.2 Å². The van der Waals surface area contributed by atoms with Gasteiger partial charge in [0, 0.05) is 5.56 Å². The van der Waals surface area contributed by atoms with Gasteiger partial charge in [-0.15, -0.1) is 0 Å². The monoisotopic (exact) mass is 308 g/mol. The van der Waals surface area contributed by atoms with Crippen molar-refractivity contribution in [2.24, 2.45) is 0 Å². The highest BCUT2D eigenvalue weighted by Crippen LogP contribution is 2.41. The zero-order valence-electron chi connectivity index (χ0n) is 8.21. The van der Waals surface area contributed by atoms with Crippen molar-refractivity contribution in [1.82, 2.24) is 0 Å². The van der Waals surface area contributed by atoms with Gasteiger partial charge in [0.05, 0.1) is 16.5 Å². The van der Waals surface area contributed by atoms with Crippen molar-refractivity contribution in [3.8, 4) is 0 Å². The molecule has 0 spiro atoms. The quantitative estimate of drug-likeness (QED) is 0.664. The first-order valence-electron chi connectivity index (χ1n) is 4.21. The number of hydrogen-bond donors (Lipinski definition) is 1. The minimum Gasteiger partial charge on any atom is -0.481 e. The van der Waals surface area contributed by atoms with E-state index in [4.69, 9.17) is 28.3 Å². The van der Waals surface area contributed by atoms with Gasteiger partial charge >= 0.3 is 12.1 Å². The van der Waals surface area contributed by atoms with E-state index in [9.17, 15) is 26.7 Å². The van der Waals surface area contributed by atoms with E-state index in [0.29, 0.717) is 0 Å². The van der Waals surface area contributed by atoms with Crippen LogP contribution in [0.2, 0.25) is 10.0 Å². The van der Waals surface area contributed by atoms with Gasteiger partial charge in [0.15, 0.2) is 11.6 Å². The standard InChI is InChI=1S/C9H3Cl2F5O2/c10-5-2(1-3(17)18)6(11)8(13)4(7(5)12)9(14,15)16/h1H2,(H,17,18). The van der Waals surface area contributed by atoms with Crippen molar-refractivity contribution in [1.29, 1.82) is 0 Å². The Morgan fingerprint density at radius 1 is 1.11 bits per heavy atom. The average Bonchev–Trinajstić information content (AvgIpc) is 2.19. The lowest BCUT2D eigenvalue weighted by atomic mass is 10.1. The summed E-state index contributed by atoms with van der Waals surface area (Å²) < 4.78 is 63.7. The average molecular weight is 309 g/mol. The smallest absolute Gasteiger partial charge is 0.422 e. The van der Waals surface area contributed by atoms with Gasteiger partial charge in [0.2, 0.25) is 0 Å². The van der Waals surface area contributed by atoms with E-state index in [0.717, 1.165) is 0 Å². The molecule has 0 aliphatic heterocycles. The summed E-state index contributed by atoms with van der Waals surface area (Å²) in [6.07, 6.45) is -6.33. The van der Waals surface area contributed by atoms with Crippen molar-refractivity contribution in [3.63, 3.8) is 0 Å². The van der Waals surface area contributed by atoms with Crippen LogP contribution in [0, 0.1) is 11.6 Å². The molecule has 0 radical (unpaired) electrons. The normalized spacial score (nSPS) is 11.7. The fraction of sp³-hybridized carbons (Fsp3) is 0.222. The number of carboxylic acid groups (broad SMARTS) is 1. The topological polar surface area (TPSA) is 37.3 Å². The fourth-order valence-electron chi connectivity index (χ4n) is 1.23. The summed E-state index contributed by atoms with van der Waals surface area (Å²) >= 11 is 10.5. The number of hydrogen-bond acceptors (Lipinski definition) is 1. The molecule has 100 valence electrons. The Morgan fingerprint density at radius 2 is 1.50 bits per heavy atom. The van der Waals surface area contributed by atoms with Crippen LogP contribution in [0.1, 0.15) is 11.1 Å². The van der Waals surface area contributed by atoms with E-state index in [1.807, 2.05) is 0 Å². The predicted octanol–water partition coefficient (Wildman–Crippen LogP) is 3.92. The Kier molecular flexibility index (Phi) is 4.07. The lowest BCUT2D eigenvalue weighted by Crippen LogP contribution is -2.15. The van der Waals surface area contributed by atoms with Crippen LogP contribution in [-0.4, -0.2) is 11.1 Å². The maximum atomic E-state index is 13.3. The van der Waals surface area contributed by atoms with Gasteiger partial charge in [0.1, 0.15) is 5.56 Å². The first-order valence-corrected chi connectivity index (χ1v) is 4.96. The summed E-state index contributed by atoms with van der Waals surface area (Å²) in [6.45, 7) is 0. The van der Waals surface area contributed by atoms with Crippen LogP contribution in [0.4, 0.5) is 22.0 Å². The molecule has 0 aliphatic carbocycles. The van der Waals surface area contributed by atoms with Crippen molar-refractivity contribution >= 4 is 29.2 Å². The lowest BCUT2D eigenvalue weighted by Gasteiger charge is -2.14. The second-order valence-corrected chi connectivity index (χ2v) is 3.93. The summed E-state index contributed by atoms with van der Waals surface area (Å²) in [6, 6.07) is 0. The molecular formula is C9H3Cl2F5O2. The van der Waals surface area contributed by atoms with Crippen LogP contribution in [0.3, 0.4) is 0 Å². The first-order chi connectivity index (χ1) is 8.07. The maximum absolute atomic E-state index is 13.3. The van der Waals surface area contributed by atoms with E-state index in [1.165, 1.54) is 0 Å². The number of carboxylic acids is 1. The van der Waals surface area contributed by atoms with Crippen LogP contribution >= 0.6 is 23.2 Å². The molecule has 0 atom stereocenters. The maximum Gasteiger partial charge on any atom is 0.422 e. The minimum absolute atomic E-state index is 0.742. The molecule has 9 heteroatoms. The predicted molar refractivity (Wildman–Crippen MR) is 52.7 cm³/mol. The largest absolute Gasteiger partial charge is 0.481 e. The lowest BCUT2D eigenvalue weighted by molar-refractivity contribution is -0.142. The highest BCUT2D eigenvalue weighted by Gasteiger charge is 2.41. The number of rotatable bonds is 2. The van der Waals surface area contributed by atoms with E-state index in [1.54, 1.807) is 0 Å². The summed E-state index contributed by atoms with van der Waals surface area (Å²) in [5.41, 5.74) is -2.99. The molecule has 0 unspecified atom stereocenters. The number of alkyl halides is 3. The van der Waals surface area contributed by atoms with Crippen molar-refractivity contribution in [2.45, 2.75) is 12.6 Å². The van der Waals surface area contributed by atoms with Crippen LogP contribution < -0.4 is 0 Å². The first kappa shape index (κ1) is 15.0. The molecule has 0 saturated carbocycles. The molecule has 0 saturated heterocycles. The van der Waals surface area contributed by atoms with Gasteiger partial charge in [-0.1, -0.05) is 23.2 Å². The Labute approximate surface area is 107 Å². The van der Waals surface area contributed by atoms with Crippen LogP contribution in [0.25, 0.3) is 0 Å². The fourth-order valence-corrected chi connectivity index (χ4v) is 1.79. The van der Waals surface area contributed by atoms with Crippen molar-refractivity contribution in [3.05, 3.63) is 32.8 Å². The van der Waals surface area contributed by atoms with E-state index >= 15 is 0 Å². The van der Waals surface area contributed by atoms with Gasteiger partial charge in [-0.05, 0) is 0 Å². The molecule has 0 heterocycles. The second kappa shape index (κ2) is 4.89. The summed E-state index contributed by atoms with van der Waals surface area (Å²) in [5, 5.41) is 6.13. The molecule has 0 fully saturated rings. The Morgan fingerprint density at radius 3 is 1.78 bits per heavy atom. The molecule has 18 heavy (non-hydrogen) atoms. The zero-order valence-corrected chi connectivity index (χ0v) is 9.72. The minimum atomic E-state index is -5.33. The molecule has 1 aromatic rings. The highest BCUT2D eigenvalue weighted by atomic mass is 35.5. The van der Waals surface area contributed by atoms with E-state index < -0.39 is 51.4 Å². The van der Waals surface area contributed by atoms with Crippen LogP contribution in [-0.2, 0) is 17.4 Å². The number of aliphatic carboxylic acids is 1. The van der Waals surface area contributed by atoms with Gasteiger partial charge in [-0.25, -0.2) is 8.78 Å². The summed E-state index contributed by atoms with van der Waals surface area (Å²) in [7, 11) is 0. The molecule has 0 aliphatic rings. The van der Waals surface area contributed by atoms with Crippen LogP contribution in [0.15, 0.2) is 0 Å². The van der Waals surface area contributed by atoms with Crippen LogP contribution in [0.5, 0.6) is 0 Å². The molecule has 0 amide bonds. The SMILES string of the molecule is O=C(O)Cc1c(Cl)c(F)c(C(F)(F)F)c(F)c1Cl. The summed E-state index contributed by atoms with van der Waals surface area (Å²) in [5.74, 6) is -5.71. The van der Waals surface area contributed by atoms with Crippen molar-refractivity contribution < 1.29 is 31.9 Å². The zero-order chi connectivity index (χ0) is 14.2. The Balaban J connectivity index is 3.61. The molecular weight excluding hydrogens is 306 g/mol. The molecule has 0 bridgehead atoms. The molecule has 1 rings (SSSR count). The van der Waals surface area contributed by atoms with Crippen molar-refractivity contribution in [2.75, 3.05) is 0 Å². The Bertz CT molecular complexity index is 484. The third kappa shape index (κ3) is 2.67. The molecule has 2 nitrogen and oxygen atoms in total. The highest BCUT2D eigenvalue weighted by molar-refractivity contribution is 6.36. The van der Waals surface area contributed by atoms with E-state index in [2.05, 4.69) is 0 Å². The number of benzene rings is 1. The number of halogens is 7. The Hall–Kier alpha value is -1.08. The molecule has 1 aromatic carbocycles.